The quantitative estimate of drug-likeness (QED) is 0.507. The molecule has 178 valence electrons. The summed E-state index contributed by atoms with van der Waals surface area (Å²) in [7, 11) is -3.40. The minimum atomic E-state index is -3.40. The number of sulfonamides is 1. The Balaban J connectivity index is 1.25. The highest BCUT2D eigenvalue weighted by Crippen LogP contribution is 2.24. The summed E-state index contributed by atoms with van der Waals surface area (Å²) < 4.78 is 32.9. The average molecular weight is 479 g/mol. The number of carbonyl (C=O) groups excluding carboxylic acids is 1. The van der Waals surface area contributed by atoms with E-state index in [9.17, 15) is 13.2 Å². The van der Waals surface area contributed by atoms with Crippen molar-refractivity contribution in [1.82, 2.24) is 4.31 Å². The zero-order chi connectivity index (χ0) is 24.0. The summed E-state index contributed by atoms with van der Waals surface area (Å²) in [6.45, 7) is 3.18. The van der Waals surface area contributed by atoms with Gasteiger partial charge in [0.15, 0.2) is 0 Å². The van der Waals surface area contributed by atoms with Crippen LogP contribution < -0.4 is 10.1 Å². The van der Waals surface area contributed by atoms with E-state index in [1.165, 1.54) is 4.31 Å². The molecule has 1 fully saturated rings. The molecular weight excluding hydrogens is 448 g/mol. The first-order chi connectivity index (χ1) is 16.4. The highest BCUT2D eigenvalue weighted by Gasteiger charge is 2.31. The standard InChI is InChI=1S/C27H30N2O4S/c1-21-7-9-23(10-8-21)20-34(31,32)29-17-15-24(16-18-29)27(30)28-25-11-13-26(14-12-25)33-19-22-5-3-2-4-6-22/h2-14,24H,15-20H2,1H3,(H,28,30). The Kier molecular flexibility index (Phi) is 7.65. The molecule has 3 aromatic carbocycles. The van der Waals surface area contributed by atoms with Gasteiger partial charge in [-0.1, -0.05) is 60.2 Å². The number of hydrogen-bond acceptors (Lipinski definition) is 4. The molecule has 1 N–H and O–H groups in total. The predicted molar refractivity (Wildman–Crippen MR) is 134 cm³/mol. The first-order valence-corrected chi connectivity index (χ1v) is 13.1. The second-order valence-corrected chi connectivity index (χ2v) is 10.7. The van der Waals surface area contributed by atoms with Crippen molar-refractivity contribution in [1.29, 1.82) is 0 Å². The smallest absolute Gasteiger partial charge is 0.227 e. The van der Waals surface area contributed by atoms with E-state index in [-0.39, 0.29) is 17.6 Å². The van der Waals surface area contributed by atoms with E-state index >= 15 is 0 Å². The lowest BCUT2D eigenvalue weighted by Crippen LogP contribution is -2.41. The Hall–Kier alpha value is -3.16. The molecule has 1 saturated heterocycles. The molecule has 1 amide bonds. The summed E-state index contributed by atoms with van der Waals surface area (Å²) in [6, 6.07) is 24.8. The SMILES string of the molecule is Cc1ccc(CS(=O)(=O)N2CCC(C(=O)Nc3ccc(OCc4ccccc4)cc3)CC2)cc1. The van der Waals surface area contributed by atoms with E-state index in [0.717, 1.165) is 22.4 Å². The summed E-state index contributed by atoms with van der Waals surface area (Å²) in [5.41, 5.74) is 3.67. The lowest BCUT2D eigenvalue weighted by molar-refractivity contribution is -0.120. The van der Waals surface area contributed by atoms with Gasteiger partial charge in [0.1, 0.15) is 12.4 Å². The molecule has 1 aliphatic heterocycles. The summed E-state index contributed by atoms with van der Waals surface area (Å²) in [5, 5.41) is 2.95. The van der Waals surface area contributed by atoms with Crippen LogP contribution in [-0.2, 0) is 27.2 Å². The molecule has 1 heterocycles. The number of piperidine rings is 1. The number of benzene rings is 3. The van der Waals surface area contributed by atoms with Crippen LogP contribution in [0.3, 0.4) is 0 Å². The average Bonchev–Trinajstić information content (AvgIpc) is 2.85. The van der Waals surface area contributed by atoms with Crippen molar-refractivity contribution < 1.29 is 17.9 Å². The monoisotopic (exact) mass is 478 g/mol. The van der Waals surface area contributed by atoms with Crippen LogP contribution in [-0.4, -0.2) is 31.7 Å². The van der Waals surface area contributed by atoms with E-state index in [4.69, 9.17) is 4.74 Å². The van der Waals surface area contributed by atoms with Crippen LogP contribution in [0.4, 0.5) is 5.69 Å². The van der Waals surface area contributed by atoms with Crippen molar-refractivity contribution in [3.63, 3.8) is 0 Å². The van der Waals surface area contributed by atoms with Gasteiger partial charge in [0, 0.05) is 24.7 Å². The third kappa shape index (κ3) is 6.46. The van der Waals surface area contributed by atoms with Gasteiger partial charge >= 0.3 is 0 Å². The number of ether oxygens (including phenoxy) is 1. The number of amides is 1. The summed E-state index contributed by atoms with van der Waals surface area (Å²) in [6.07, 6.45) is 1.02. The zero-order valence-corrected chi connectivity index (χ0v) is 20.1. The van der Waals surface area contributed by atoms with Gasteiger partial charge in [-0.15, -0.1) is 0 Å². The molecule has 3 aromatic rings. The molecular formula is C27H30N2O4S. The number of anilines is 1. The summed E-state index contributed by atoms with van der Waals surface area (Å²) >= 11 is 0. The maximum Gasteiger partial charge on any atom is 0.227 e. The first kappa shape index (κ1) is 24.0. The number of carbonyl (C=O) groups is 1. The molecule has 0 spiro atoms. The maximum atomic E-state index is 12.8. The Morgan fingerprint density at radius 1 is 0.912 bits per heavy atom. The van der Waals surface area contributed by atoms with Crippen molar-refractivity contribution in [2.45, 2.75) is 32.1 Å². The first-order valence-electron chi connectivity index (χ1n) is 11.5. The Morgan fingerprint density at radius 2 is 1.56 bits per heavy atom. The highest BCUT2D eigenvalue weighted by molar-refractivity contribution is 7.88. The molecule has 7 heteroatoms. The third-order valence-electron chi connectivity index (χ3n) is 6.06. The summed E-state index contributed by atoms with van der Waals surface area (Å²) in [5.74, 6) is 0.436. The van der Waals surface area contributed by atoms with E-state index in [2.05, 4.69) is 5.32 Å². The van der Waals surface area contributed by atoms with Crippen LogP contribution >= 0.6 is 0 Å². The van der Waals surface area contributed by atoms with Crippen molar-refractivity contribution in [2.75, 3.05) is 18.4 Å². The van der Waals surface area contributed by atoms with Crippen LogP contribution in [0.5, 0.6) is 5.75 Å². The maximum absolute atomic E-state index is 12.8. The van der Waals surface area contributed by atoms with Crippen molar-refractivity contribution in [3.05, 3.63) is 95.6 Å². The Bertz CT molecular complexity index is 1190. The van der Waals surface area contributed by atoms with Gasteiger partial charge in [0.2, 0.25) is 15.9 Å². The van der Waals surface area contributed by atoms with Crippen molar-refractivity contribution in [3.8, 4) is 5.75 Å². The highest BCUT2D eigenvalue weighted by atomic mass is 32.2. The molecule has 0 aliphatic carbocycles. The lowest BCUT2D eigenvalue weighted by atomic mass is 9.97. The number of nitrogens with zero attached hydrogens (tertiary/aromatic N) is 1. The number of nitrogens with one attached hydrogen (secondary N) is 1. The van der Waals surface area contributed by atoms with Crippen LogP contribution in [0, 0.1) is 12.8 Å². The molecule has 34 heavy (non-hydrogen) atoms. The number of aryl methyl sites for hydroxylation is 1. The Morgan fingerprint density at radius 3 is 2.21 bits per heavy atom. The number of rotatable bonds is 8. The fraction of sp³-hybridized carbons (Fsp3) is 0.296. The van der Waals surface area contributed by atoms with Crippen LogP contribution in [0.15, 0.2) is 78.9 Å². The van der Waals surface area contributed by atoms with E-state index < -0.39 is 10.0 Å². The third-order valence-corrected chi connectivity index (χ3v) is 7.91. The lowest BCUT2D eigenvalue weighted by Gasteiger charge is -2.30. The predicted octanol–water partition coefficient (Wildman–Crippen LogP) is 4.75. The van der Waals surface area contributed by atoms with Gasteiger partial charge < -0.3 is 10.1 Å². The molecule has 0 atom stereocenters. The van der Waals surface area contributed by atoms with Gasteiger partial charge in [-0.3, -0.25) is 4.79 Å². The van der Waals surface area contributed by atoms with E-state index in [0.29, 0.717) is 38.2 Å². The molecule has 0 bridgehead atoms. The fourth-order valence-electron chi connectivity index (χ4n) is 4.00. The van der Waals surface area contributed by atoms with Gasteiger partial charge in [-0.2, -0.15) is 0 Å². The minimum absolute atomic E-state index is 0.0111. The normalized spacial score (nSPS) is 15.1. The van der Waals surface area contributed by atoms with Gasteiger partial charge in [-0.05, 0) is 55.2 Å². The Labute approximate surface area is 201 Å². The van der Waals surface area contributed by atoms with Gasteiger partial charge in [-0.25, -0.2) is 12.7 Å². The van der Waals surface area contributed by atoms with Crippen LogP contribution in [0.2, 0.25) is 0 Å². The zero-order valence-electron chi connectivity index (χ0n) is 19.3. The fourth-order valence-corrected chi connectivity index (χ4v) is 5.57. The molecule has 0 saturated carbocycles. The second kappa shape index (κ2) is 10.8. The van der Waals surface area contributed by atoms with E-state index in [1.807, 2.05) is 85.8 Å². The molecule has 4 rings (SSSR count). The minimum Gasteiger partial charge on any atom is -0.489 e. The topological polar surface area (TPSA) is 75.7 Å². The van der Waals surface area contributed by atoms with Crippen LogP contribution in [0.1, 0.15) is 29.5 Å². The van der Waals surface area contributed by atoms with Gasteiger partial charge in [0.05, 0.1) is 5.75 Å². The number of hydrogen-bond donors (Lipinski definition) is 1. The van der Waals surface area contributed by atoms with Crippen LogP contribution in [0.25, 0.3) is 0 Å². The van der Waals surface area contributed by atoms with Crippen molar-refractivity contribution >= 4 is 21.6 Å². The van der Waals surface area contributed by atoms with Gasteiger partial charge in [0.25, 0.3) is 0 Å². The molecule has 1 aliphatic rings. The molecule has 0 aromatic heterocycles. The second-order valence-electron chi connectivity index (χ2n) is 8.70. The largest absolute Gasteiger partial charge is 0.489 e. The summed E-state index contributed by atoms with van der Waals surface area (Å²) in [4.78, 5) is 12.7. The molecule has 6 nitrogen and oxygen atoms in total. The molecule has 0 unspecified atom stereocenters. The van der Waals surface area contributed by atoms with E-state index in [1.54, 1.807) is 0 Å². The molecule has 0 radical (unpaired) electrons. The van der Waals surface area contributed by atoms with Crippen molar-refractivity contribution in [2.24, 2.45) is 5.92 Å².